The number of nitrogens with one attached hydrogen (secondary N) is 1. The van der Waals surface area contributed by atoms with Crippen LogP contribution in [0.3, 0.4) is 0 Å². The van der Waals surface area contributed by atoms with E-state index in [2.05, 4.69) is 17.1 Å². The molecule has 1 amide bonds. The van der Waals surface area contributed by atoms with Crippen LogP contribution in [0.1, 0.15) is 57.4 Å². The van der Waals surface area contributed by atoms with Gasteiger partial charge in [-0.15, -0.1) is 0 Å². The Morgan fingerprint density at radius 2 is 1.80 bits per heavy atom. The van der Waals surface area contributed by atoms with Crippen LogP contribution in [0.2, 0.25) is 0 Å². The average Bonchev–Trinajstić information content (AvgIpc) is 2.77. The van der Waals surface area contributed by atoms with Crippen LogP contribution in [0.4, 0.5) is 0 Å². The molecule has 2 saturated heterocycles. The molecule has 0 saturated carbocycles. The summed E-state index contributed by atoms with van der Waals surface area (Å²) in [6.45, 7) is 6.06. The third kappa shape index (κ3) is 6.53. The van der Waals surface area contributed by atoms with Gasteiger partial charge in [-0.25, -0.2) is 12.7 Å². The first-order chi connectivity index (χ1) is 14.5. The lowest BCUT2D eigenvalue weighted by Gasteiger charge is -2.35. The molecule has 6 nitrogen and oxygen atoms in total. The second-order valence-corrected chi connectivity index (χ2v) is 10.6. The number of rotatable bonds is 9. The first-order valence-electron chi connectivity index (χ1n) is 11.5. The van der Waals surface area contributed by atoms with Crippen LogP contribution in [0.5, 0.6) is 0 Å². The van der Waals surface area contributed by atoms with Crippen LogP contribution in [-0.4, -0.2) is 62.3 Å². The van der Waals surface area contributed by atoms with Crippen molar-refractivity contribution in [3.8, 4) is 0 Å². The van der Waals surface area contributed by atoms with Crippen molar-refractivity contribution in [3.63, 3.8) is 0 Å². The summed E-state index contributed by atoms with van der Waals surface area (Å²) in [6.07, 6.45) is 7.31. The topological polar surface area (TPSA) is 69.7 Å². The minimum absolute atomic E-state index is 0.0277. The lowest BCUT2D eigenvalue weighted by molar-refractivity contribution is -0.126. The fourth-order valence-corrected chi connectivity index (χ4v) is 6.29. The van der Waals surface area contributed by atoms with E-state index in [0.717, 1.165) is 18.5 Å². The molecular formula is C23H37N3O3S. The maximum absolute atomic E-state index is 12.7. The Balaban J connectivity index is 1.36. The number of sulfonamides is 1. The van der Waals surface area contributed by atoms with Gasteiger partial charge in [-0.1, -0.05) is 43.7 Å². The van der Waals surface area contributed by atoms with E-state index in [9.17, 15) is 13.2 Å². The highest BCUT2D eigenvalue weighted by Gasteiger charge is 2.31. The Morgan fingerprint density at radius 1 is 1.07 bits per heavy atom. The maximum atomic E-state index is 12.7. The zero-order valence-electron chi connectivity index (χ0n) is 18.3. The van der Waals surface area contributed by atoms with Gasteiger partial charge in [0.2, 0.25) is 15.9 Å². The molecule has 30 heavy (non-hydrogen) atoms. The lowest BCUT2D eigenvalue weighted by atomic mass is 9.97. The third-order valence-electron chi connectivity index (χ3n) is 6.55. The van der Waals surface area contributed by atoms with E-state index in [4.69, 9.17) is 0 Å². The number of carbonyl (C=O) groups excluding carboxylic acids is 1. The molecule has 1 atom stereocenters. The molecule has 2 aliphatic rings. The van der Waals surface area contributed by atoms with Crippen LogP contribution >= 0.6 is 0 Å². The Morgan fingerprint density at radius 3 is 2.50 bits per heavy atom. The first kappa shape index (κ1) is 23.2. The summed E-state index contributed by atoms with van der Waals surface area (Å²) in [5.74, 6) is 0.0345. The molecule has 0 aromatic heterocycles. The smallest absolute Gasteiger partial charge is 0.223 e. The Bertz CT molecular complexity index is 761. The van der Waals surface area contributed by atoms with Crippen LogP contribution in [0.15, 0.2) is 30.3 Å². The van der Waals surface area contributed by atoms with E-state index < -0.39 is 10.0 Å². The van der Waals surface area contributed by atoms with Crippen LogP contribution in [-0.2, 0) is 20.6 Å². The van der Waals surface area contributed by atoms with Crippen molar-refractivity contribution >= 4 is 15.9 Å². The largest absolute Gasteiger partial charge is 0.356 e. The third-order valence-corrected chi connectivity index (χ3v) is 8.40. The number of likely N-dealkylation sites (tertiary alicyclic amines) is 1. The van der Waals surface area contributed by atoms with Crippen molar-refractivity contribution in [2.75, 3.05) is 32.7 Å². The number of carbonyl (C=O) groups is 1. The Labute approximate surface area is 182 Å². The molecule has 1 aromatic rings. The average molecular weight is 436 g/mol. The van der Waals surface area contributed by atoms with Crippen molar-refractivity contribution in [2.24, 2.45) is 5.92 Å². The summed E-state index contributed by atoms with van der Waals surface area (Å²) >= 11 is 0. The van der Waals surface area contributed by atoms with E-state index >= 15 is 0 Å². The van der Waals surface area contributed by atoms with Crippen molar-refractivity contribution in [1.29, 1.82) is 0 Å². The summed E-state index contributed by atoms with van der Waals surface area (Å²) in [5, 5.41) is 3.08. The fraction of sp³-hybridized carbons (Fsp3) is 0.696. The molecule has 0 aliphatic carbocycles. The zero-order valence-corrected chi connectivity index (χ0v) is 19.1. The van der Waals surface area contributed by atoms with Gasteiger partial charge in [-0.2, -0.15) is 0 Å². The highest BCUT2D eigenvalue weighted by atomic mass is 32.2. The van der Waals surface area contributed by atoms with E-state index in [-0.39, 0.29) is 17.6 Å². The van der Waals surface area contributed by atoms with Gasteiger partial charge in [-0.3, -0.25) is 4.79 Å². The molecule has 0 radical (unpaired) electrons. The van der Waals surface area contributed by atoms with Crippen LogP contribution in [0.25, 0.3) is 0 Å². The Kier molecular flexibility index (Phi) is 8.72. The first-order valence-corrected chi connectivity index (χ1v) is 13.1. The molecular weight excluding hydrogens is 398 g/mol. The predicted molar refractivity (Wildman–Crippen MR) is 120 cm³/mol. The summed E-state index contributed by atoms with van der Waals surface area (Å²) in [6, 6.07) is 9.98. The SMILES string of the molecule is CC[C@@H]1CCCCN1CCCNC(=O)C1CCN(S(=O)(=O)Cc2ccccc2)CC1. The standard InChI is InChI=1S/C23H37N3O3S/c1-2-22-11-6-7-15-25(22)16-8-14-24-23(27)21-12-17-26(18-13-21)30(28,29)19-20-9-4-3-5-10-20/h3-5,9-10,21-22H,2,6-8,11-19H2,1H3,(H,24,27)/t22-/m1/s1. The van der Waals surface area contributed by atoms with Crippen LogP contribution < -0.4 is 5.32 Å². The molecule has 2 heterocycles. The van der Waals surface area contributed by atoms with Gasteiger partial charge in [-0.05, 0) is 50.6 Å². The number of nitrogens with zero attached hydrogens (tertiary/aromatic N) is 2. The van der Waals surface area contributed by atoms with E-state index in [0.29, 0.717) is 38.5 Å². The van der Waals surface area contributed by atoms with E-state index in [1.807, 2.05) is 30.3 Å². The summed E-state index contributed by atoms with van der Waals surface area (Å²) in [4.78, 5) is 15.1. The molecule has 1 aromatic carbocycles. The fourth-order valence-electron chi connectivity index (χ4n) is 4.73. The summed E-state index contributed by atoms with van der Waals surface area (Å²) in [5.41, 5.74) is 0.802. The van der Waals surface area contributed by atoms with Gasteiger partial charge in [0.1, 0.15) is 0 Å². The zero-order chi connectivity index (χ0) is 21.4. The lowest BCUT2D eigenvalue weighted by Crippen LogP contribution is -2.44. The quantitative estimate of drug-likeness (QED) is 0.606. The highest BCUT2D eigenvalue weighted by molar-refractivity contribution is 7.88. The Hall–Kier alpha value is -1.44. The molecule has 1 N–H and O–H groups in total. The van der Waals surface area contributed by atoms with Gasteiger partial charge in [0.15, 0.2) is 0 Å². The van der Waals surface area contributed by atoms with Gasteiger partial charge in [0, 0.05) is 38.1 Å². The van der Waals surface area contributed by atoms with E-state index in [1.54, 1.807) is 4.31 Å². The number of benzene rings is 1. The number of piperidine rings is 2. The predicted octanol–water partition coefficient (Wildman–Crippen LogP) is 3.00. The summed E-state index contributed by atoms with van der Waals surface area (Å²) in [7, 11) is -3.33. The molecule has 2 aliphatic heterocycles. The van der Waals surface area contributed by atoms with Gasteiger partial charge < -0.3 is 10.2 Å². The molecule has 2 fully saturated rings. The van der Waals surface area contributed by atoms with E-state index in [1.165, 1.54) is 32.2 Å². The van der Waals surface area contributed by atoms with Crippen LogP contribution in [0, 0.1) is 5.92 Å². The monoisotopic (exact) mass is 435 g/mol. The normalized spacial score (nSPS) is 22.1. The van der Waals surface area contributed by atoms with Crippen molar-refractivity contribution in [3.05, 3.63) is 35.9 Å². The molecule has 0 unspecified atom stereocenters. The molecule has 0 spiro atoms. The van der Waals surface area contributed by atoms with Crippen molar-refractivity contribution < 1.29 is 13.2 Å². The second-order valence-electron chi connectivity index (χ2n) is 8.65. The number of hydrogen-bond acceptors (Lipinski definition) is 4. The second kappa shape index (κ2) is 11.3. The highest BCUT2D eigenvalue weighted by Crippen LogP contribution is 2.22. The number of amides is 1. The molecule has 168 valence electrons. The van der Waals surface area contributed by atoms with Gasteiger partial charge in [0.25, 0.3) is 0 Å². The minimum atomic E-state index is -3.33. The molecule has 7 heteroatoms. The summed E-state index contributed by atoms with van der Waals surface area (Å²) < 4.78 is 26.9. The number of hydrogen-bond donors (Lipinski definition) is 1. The van der Waals surface area contributed by atoms with Gasteiger partial charge >= 0.3 is 0 Å². The maximum Gasteiger partial charge on any atom is 0.223 e. The van der Waals surface area contributed by atoms with Gasteiger partial charge in [0.05, 0.1) is 5.75 Å². The van der Waals surface area contributed by atoms with Crippen molar-refractivity contribution in [2.45, 2.75) is 63.7 Å². The van der Waals surface area contributed by atoms with Crippen molar-refractivity contribution in [1.82, 2.24) is 14.5 Å². The molecule has 3 rings (SSSR count). The minimum Gasteiger partial charge on any atom is -0.356 e. The molecule has 0 bridgehead atoms.